The van der Waals surface area contributed by atoms with Gasteiger partial charge in [0.2, 0.25) is 0 Å². The van der Waals surface area contributed by atoms with Crippen LogP contribution in [0, 0.1) is 0 Å². The zero-order chi connectivity index (χ0) is 12.3. The summed E-state index contributed by atoms with van der Waals surface area (Å²) in [5.41, 5.74) is 2.18. The molecule has 0 saturated heterocycles. The number of allylic oxidation sites excluding steroid dienone is 4. The summed E-state index contributed by atoms with van der Waals surface area (Å²) in [7, 11) is 0. The maximum absolute atomic E-state index is 9.11. The zero-order valence-electron chi connectivity index (χ0n) is 8.98. The van der Waals surface area contributed by atoms with E-state index in [0.29, 0.717) is 12.1 Å². The van der Waals surface area contributed by atoms with Gasteiger partial charge in [0.05, 0.1) is 0 Å². The quantitative estimate of drug-likeness (QED) is 0.375. The summed E-state index contributed by atoms with van der Waals surface area (Å²) in [4.78, 5) is 0. The van der Waals surface area contributed by atoms with Crippen molar-refractivity contribution < 1.29 is 5.21 Å². The molecule has 0 amide bonds. The van der Waals surface area contributed by atoms with Crippen LogP contribution in [-0.2, 0) is 0 Å². The lowest BCUT2D eigenvalue weighted by molar-refractivity contribution is 0.319. The third-order valence-corrected chi connectivity index (χ3v) is 3.08. The lowest BCUT2D eigenvalue weighted by Gasteiger charge is -2.18. The number of benzene rings is 1. The third-order valence-electron chi connectivity index (χ3n) is 2.52. The second kappa shape index (κ2) is 4.94. The summed E-state index contributed by atoms with van der Waals surface area (Å²) in [6.07, 6.45) is 5.82. The van der Waals surface area contributed by atoms with E-state index in [-0.39, 0.29) is 0 Å². The second-order valence-corrected chi connectivity index (χ2v) is 5.31. The van der Waals surface area contributed by atoms with Crippen LogP contribution in [0.15, 0.2) is 59.3 Å². The fourth-order valence-corrected chi connectivity index (χ4v) is 1.93. The van der Waals surface area contributed by atoms with Gasteiger partial charge in [-0.15, -0.1) is 0 Å². The van der Waals surface area contributed by atoms with Crippen LogP contribution in [-0.4, -0.2) is 15.3 Å². The molecule has 0 radical (unpaired) electrons. The van der Waals surface area contributed by atoms with Gasteiger partial charge < -0.3 is 5.21 Å². The average molecular weight is 268 g/mol. The molecule has 1 N–H and O–H groups in total. The van der Waals surface area contributed by atoms with Crippen molar-refractivity contribution in [2.45, 2.75) is 10.8 Å². The Labute approximate surface area is 110 Å². The first kappa shape index (κ1) is 12.2. The molecule has 88 valence electrons. The highest BCUT2D eigenvalue weighted by Crippen LogP contribution is 2.32. The van der Waals surface area contributed by atoms with Crippen LogP contribution in [0.4, 0.5) is 0 Å². The highest BCUT2D eigenvalue weighted by Gasteiger charge is 2.23. The standard InChI is InChI=1S/C13H11Cl2NO/c14-13(15)8-6-11(7-9-13)12(16-17)10-4-2-1-3-5-10/h1-8,17H,9H2. The van der Waals surface area contributed by atoms with Gasteiger partial charge >= 0.3 is 0 Å². The van der Waals surface area contributed by atoms with Crippen molar-refractivity contribution in [1.29, 1.82) is 0 Å². The van der Waals surface area contributed by atoms with Gasteiger partial charge in [-0.2, -0.15) is 0 Å². The highest BCUT2D eigenvalue weighted by molar-refractivity contribution is 6.50. The number of hydrogen-bond donors (Lipinski definition) is 1. The summed E-state index contributed by atoms with van der Waals surface area (Å²) in [5.74, 6) is 0. The van der Waals surface area contributed by atoms with Crippen molar-refractivity contribution in [1.82, 2.24) is 0 Å². The van der Waals surface area contributed by atoms with Gasteiger partial charge in [0.1, 0.15) is 10.0 Å². The number of rotatable bonds is 2. The first-order valence-electron chi connectivity index (χ1n) is 5.17. The lowest BCUT2D eigenvalue weighted by atomic mass is 9.97. The Balaban J connectivity index is 2.29. The van der Waals surface area contributed by atoms with Crippen molar-refractivity contribution in [3.63, 3.8) is 0 Å². The smallest absolute Gasteiger partial charge is 0.140 e. The van der Waals surface area contributed by atoms with E-state index >= 15 is 0 Å². The van der Waals surface area contributed by atoms with E-state index in [2.05, 4.69) is 5.16 Å². The van der Waals surface area contributed by atoms with E-state index < -0.39 is 4.33 Å². The van der Waals surface area contributed by atoms with Crippen LogP contribution >= 0.6 is 23.2 Å². The molecule has 1 aliphatic carbocycles. The Kier molecular flexibility index (Phi) is 3.55. The minimum absolute atomic E-state index is 0.494. The van der Waals surface area contributed by atoms with E-state index in [9.17, 15) is 0 Å². The number of hydrogen-bond acceptors (Lipinski definition) is 2. The van der Waals surface area contributed by atoms with Crippen molar-refractivity contribution in [2.75, 3.05) is 0 Å². The van der Waals surface area contributed by atoms with Crippen LogP contribution in [0.5, 0.6) is 0 Å². The van der Waals surface area contributed by atoms with Gasteiger partial charge in [-0.1, -0.05) is 70.8 Å². The largest absolute Gasteiger partial charge is 0.410 e. The molecule has 0 bridgehead atoms. The summed E-state index contributed by atoms with van der Waals surface area (Å²) >= 11 is 11.9. The predicted octanol–water partition coefficient (Wildman–Crippen LogP) is 3.93. The Hall–Kier alpha value is -1.25. The Morgan fingerprint density at radius 3 is 2.47 bits per heavy atom. The molecule has 2 nitrogen and oxygen atoms in total. The van der Waals surface area contributed by atoms with E-state index in [0.717, 1.165) is 11.1 Å². The molecule has 0 atom stereocenters. The summed E-state index contributed by atoms with van der Waals surface area (Å²) < 4.78 is -0.860. The first-order chi connectivity index (χ1) is 8.12. The van der Waals surface area contributed by atoms with Gasteiger partial charge in [0.15, 0.2) is 0 Å². The summed E-state index contributed by atoms with van der Waals surface area (Å²) in [6, 6.07) is 9.45. The molecular formula is C13H11Cl2NO. The minimum Gasteiger partial charge on any atom is -0.410 e. The Morgan fingerprint density at radius 2 is 1.94 bits per heavy atom. The van der Waals surface area contributed by atoms with Crippen LogP contribution in [0.25, 0.3) is 0 Å². The normalized spacial score (nSPS) is 18.9. The molecule has 2 rings (SSSR count). The maximum Gasteiger partial charge on any atom is 0.140 e. The molecule has 0 saturated carbocycles. The third kappa shape index (κ3) is 2.90. The molecule has 1 aromatic rings. The van der Waals surface area contributed by atoms with Gasteiger partial charge in [0.25, 0.3) is 0 Å². The molecule has 17 heavy (non-hydrogen) atoms. The van der Waals surface area contributed by atoms with E-state index in [1.807, 2.05) is 36.4 Å². The number of nitrogens with zero attached hydrogens (tertiary/aromatic N) is 1. The minimum atomic E-state index is -0.860. The van der Waals surface area contributed by atoms with Crippen molar-refractivity contribution in [2.24, 2.45) is 5.16 Å². The molecule has 0 heterocycles. The topological polar surface area (TPSA) is 32.6 Å². The predicted molar refractivity (Wildman–Crippen MR) is 71.0 cm³/mol. The lowest BCUT2D eigenvalue weighted by Crippen LogP contribution is -2.14. The monoisotopic (exact) mass is 267 g/mol. The van der Waals surface area contributed by atoms with Crippen molar-refractivity contribution in [3.8, 4) is 0 Å². The zero-order valence-corrected chi connectivity index (χ0v) is 10.5. The van der Waals surface area contributed by atoms with E-state index in [1.54, 1.807) is 12.2 Å². The Morgan fingerprint density at radius 1 is 1.24 bits per heavy atom. The molecule has 0 aromatic heterocycles. The molecular weight excluding hydrogens is 257 g/mol. The second-order valence-electron chi connectivity index (χ2n) is 3.77. The number of oxime groups is 1. The first-order valence-corrected chi connectivity index (χ1v) is 5.93. The number of halogens is 2. The molecule has 1 aliphatic rings. The van der Waals surface area contributed by atoms with Crippen LogP contribution < -0.4 is 0 Å². The van der Waals surface area contributed by atoms with Gasteiger partial charge in [0, 0.05) is 17.6 Å². The molecule has 0 unspecified atom stereocenters. The van der Waals surface area contributed by atoms with Gasteiger partial charge in [-0.25, -0.2) is 0 Å². The highest BCUT2D eigenvalue weighted by atomic mass is 35.5. The summed E-state index contributed by atoms with van der Waals surface area (Å²) in [5, 5.41) is 12.4. The fraction of sp³-hybridized carbons (Fsp3) is 0.154. The van der Waals surface area contributed by atoms with Gasteiger partial charge in [-0.3, -0.25) is 0 Å². The van der Waals surface area contributed by atoms with Crippen molar-refractivity contribution >= 4 is 28.9 Å². The molecule has 1 aromatic carbocycles. The van der Waals surface area contributed by atoms with Crippen LogP contribution in [0.1, 0.15) is 12.0 Å². The fourth-order valence-electron chi connectivity index (χ4n) is 1.65. The van der Waals surface area contributed by atoms with Crippen molar-refractivity contribution in [3.05, 3.63) is 59.7 Å². The van der Waals surface area contributed by atoms with E-state index in [1.165, 1.54) is 0 Å². The van der Waals surface area contributed by atoms with E-state index in [4.69, 9.17) is 28.4 Å². The SMILES string of the molecule is ON=C(C1=CCC(Cl)(Cl)C=C1)c1ccccc1. The average Bonchev–Trinajstić information content (AvgIpc) is 2.33. The van der Waals surface area contributed by atoms with Gasteiger partial charge in [-0.05, 0) is 6.08 Å². The molecule has 0 fully saturated rings. The summed E-state index contributed by atoms with van der Waals surface area (Å²) in [6.45, 7) is 0. The molecule has 0 aliphatic heterocycles. The Bertz CT molecular complexity index is 489. The van der Waals surface area contributed by atoms with Crippen LogP contribution in [0.2, 0.25) is 0 Å². The molecule has 4 heteroatoms. The number of alkyl halides is 2. The maximum atomic E-state index is 9.11. The van der Waals surface area contributed by atoms with Crippen LogP contribution in [0.3, 0.4) is 0 Å². The molecule has 0 spiro atoms.